The highest BCUT2D eigenvalue weighted by Gasteiger charge is 2.17. The zero-order valence-corrected chi connectivity index (χ0v) is 12.3. The van der Waals surface area contributed by atoms with Crippen molar-refractivity contribution in [1.82, 2.24) is 5.32 Å². The van der Waals surface area contributed by atoms with Crippen molar-refractivity contribution in [3.63, 3.8) is 0 Å². The number of carbonyl (C=O) groups excluding carboxylic acids is 1. The van der Waals surface area contributed by atoms with Gasteiger partial charge in [-0.1, -0.05) is 0 Å². The molecule has 112 valence electrons. The summed E-state index contributed by atoms with van der Waals surface area (Å²) in [6, 6.07) is 4.43. The van der Waals surface area contributed by atoms with E-state index in [0.717, 1.165) is 25.9 Å². The van der Waals surface area contributed by atoms with Crippen molar-refractivity contribution in [2.75, 3.05) is 25.5 Å². The van der Waals surface area contributed by atoms with Gasteiger partial charge in [0.15, 0.2) is 11.6 Å². The van der Waals surface area contributed by atoms with Gasteiger partial charge in [0.25, 0.3) is 0 Å². The van der Waals surface area contributed by atoms with Crippen LogP contribution in [0.25, 0.3) is 0 Å². The van der Waals surface area contributed by atoms with Crippen molar-refractivity contribution in [3.8, 4) is 5.75 Å². The number of nitrogens with one attached hydrogen (secondary N) is 2. The molecule has 1 aromatic carbocycles. The lowest BCUT2D eigenvalue weighted by Crippen LogP contribution is -2.30. The lowest BCUT2D eigenvalue weighted by molar-refractivity contribution is -0.117. The van der Waals surface area contributed by atoms with Crippen molar-refractivity contribution in [2.24, 2.45) is 5.92 Å². The van der Waals surface area contributed by atoms with Crippen molar-refractivity contribution in [1.29, 1.82) is 0 Å². The number of amides is 1. The highest BCUT2D eigenvalue weighted by molar-refractivity contribution is 5.90. The number of rotatable bonds is 4. The third-order valence-electron chi connectivity index (χ3n) is 3.37. The zero-order valence-electron chi connectivity index (χ0n) is 11.4. The van der Waals surface area contributed by atoms with Crippen molar-refractivity contribution < 1.29 is 13.9 Å². The molecule has 1 amide bonds. The topological polar surface area (TPSA) is 50.4 Å². The van der Waals surface area contributed by atoms with E-state index < -0.39 is 5.82 Å². The number of piperidine rings is 1. The predicted octanol–water partition coefficient (Wildman–Crippen LogP) is 2.58. The number of hydrogen-bond acceptors (Lipinski definition) is 3. The molecule has 1 aliphatic heterocycles. The maximum absolute atomic E-state index is 13.5. The Balaban J connectivity index is 0.00000200. The van der Waals surface area contributed by atoms with Gasteiger partial charge in [-0.3, -0.25) is 4.79 Å². The summed E-state index contributed by atoms with van der Waals surface area (Å²) in [5.41, 5.74) is 0.470. The van der Waals surface area contributed by atoms with Crippen molar-refractivity contribution in [3.05, 3.63) is 24.0 Å². The molecular formula is C14H20ClFN2O2. The van der Waals surface area contributed by atoms with Crippen LogP contribution in [0.4, 0.5) is 10.1 Å². The molecule has 4 nitrogen and oxygen atoms in total. The fraction of sp³-hybridized carbons (Fsp3) is 0.500. The molecule has 0 aliphatic carbocycles. The summed E-state index contributed by atoms with van der Waals surface area (Å²) in [4.78, 5) is 11.9. The van der Waals surface area contributed by atoms with E-state index in [1.54, 1.807) is 6.07 Å². The molecule has 20 heavy (non-hydrogen) atoms. The summed E-state index contributed by atoms with van der Waals surface area (Å²) in [6.45, 7) is 1.93. The second-order valence-electron chi connectivity index (χ2n) is 4.80. The van der Waals surface area contributed by atoms with E-state index >= 15 is 0 Å². The number of benzene rings is 1. The van der Waals surface area contributed by atoms with Crippen LogP contribution in [0.2, 0.25) is 0 Å². The van der Waals surface area contributed by atoms with E-state index in [9.17, 15) is 9.18 Å². The Morgan fingerprint density at radius 3 is 2.75 bits per heavy atom. The molecule has 0 atom stereocenters. The van der Waals surface area contributed by atoms with E-state index in [2.05, 4.69) is 10.6 Å². The average Bonchev–Trinajstić information content (AvgIpc) is 2.40. The molecule has 0 saturated carbocycles. The second-order valence-corrected chi connectivity index (χ2v) is 4.80. The molecule has 0 radical (unpaired) electrons. The standard InChI is InChI=1S/C14H19FN2O2.ClH/c1-19-13-3-2-11(9-12(13)15)17-14(18)8-10-4-6-16-7-5-10;/h2-3,9-10,16H,4-8H2,1H3,(H,17,18);1H. The largest absolute Gasteiger partial charge is 0.494 e. The molecule has 1 heterocycles. The fourth-order valence-corrected chi connectivity index (χ4v) is 2.30. The van der Waals surface area contributed by atoms with Gasteiger partial charge < -0.3 is 15.4 Å². The molecule has 1 saturated heterocycles. The van der Waals surface area contributed by atoms with Gasteiger partial charge in [0.05, 0.1) is 7.11 Å². The van der Waals surface area contributed by atoms with Crippen LogP contribution in [-0.4, -0.2) is 26.1 Å². The van der Waals surface area contributed by atoms with Crippen LogP contribution in [0.1, 0.15) is 19.3 Å². The predicted molar refractivity (Wildman–Crippen MR) is 79.0 cm³/mol. The third kappa shape index (κ3) is 4.65. The molecule has 0 bridgehead atoms. The summed E-state index contributed by atoms with van der Waals surface area (Å²) in [5, 5.41) is 5.99. The lowest BCUT2D eigenvalue weighted by Gasteiger charge is -2.21. The first-order valence-electron chi connectivity index (χ1n) is 6.53. The Morgan fingerprint density at radius 1 is 1.45 bits per heavy atom. The first-order chi connectivity index (χ1) is 9.19. The Bertz CT molecular complexity index is 451. The van der Waals surface area contributed by atoms with Gasteiger partial charge in [-0.25, -0.2) is 4.39 Å². The van der Waals surface area contributed by atoms with Crippen LogP contribution < -0.4 is 15.4 Å². The minimum atomic E-state index is -0.470. The Hall–Kier alpha value is -1.33. The highest BCUT2D eigenvalue weighted by atomic mass is 35.5. The molecule has 2 N–H and O–H groups in total. The molecule has 0 spiro atoms. The van der Waals surface area contributed by atoms with Gasteiger partial charge in [-0.05, 0) is 44.0 Å². The van der Waals surface area contributed by atoms with Gasteiger partial charge in [0.1, 0.15) is 0 Å². The number of ether oxygens (including phenoxy) is 1. The van der Waals surface area contributed by atoms with Gasteiger partial charge in [0.2, 0.25) is 5.91 Å². The van der Waals surface area contributed by atoms with Crippen LogP contribution in [0.15, 0.2) is 18.2 Å². The smallest absolute Gasteiger partial charge is 0.224 e. The van der Waals surface area contributed by atoms with Crippen LogP contribution in [0.3, 0.4) is 0 Å². The van der Waals surface area contributed by atoms with Gasteiger partial charge in [-0.2, -0.15) is 0 Å². The van der Waals surface area contributed by atoms with Crippen molar-refractivity contribution in [2.45, 2.75) is 19.3 Å². The number of anilines is 1. The van der Waals surface area contributed by atoms with Crippen LogP contribution in [0, 0.1) is 11.7 Å². The van der Waals surface area contributed by atoms with Gasteiger partial charge in [-0.15, -0.1) is 12.4 Å². The monoisotopic (exact) mass is 302 g/mol. The normalized spacial score (nSPS) is 15.3. The SMILES string of the molecule is COc1ccc(NC(=O)CC2CCNCC2)cc1F.Cl. The molecule has 1 fully saturated rings. The Labute approximate surface area is 124 Å². The Kier molecular flexibility index (Phi) is 6.75. The van der Waals surface area contributed by atoms with Crippen LogP contribution in [0.5, 0.6) is 5.75 Å². The third-order valence-corrected chi connectivity index (χ3v) is 3.37. The minimum Gasteiger partial charge on any atom is -0.494 e. The van der Waals surface area contributed by atoms with Crippen molar-refractivity contribution >= 4 is 24.0 Å². The van der Waals surface area contributed by atoms with Gasteiger partial charge >= 0.3 is 0 Å². The molecule has 1 aliphatic rings. The summed E-state index contributed by atoms with van der Waals surface area (Å²) in [7, 11) is 1.41. The van der Waals surface area contributed by atoms with Crippen LogP contribution >= 0.6 is 12.4 Å². The molecule has 0 aromatic heterocycles. The fourth-order valence-electron chi connectivity index (χ4n) is 2.30. The quantitative estimate of drug-likeness (QED) is 0.899. The summed E-state index contributed by atoms with van der Waals surface area (Å²) < 4.78 is 18.3. The second kappa shape index (κ2) is 8.07. The average molecular weight is 303 g/mol. The zero-order chi connectivity index (χ0) is 13.7. The lowest BCUT2D eigenvalue weighted by atomic mass is 9.94. The molecule has 0 unspecified atom stereocenters. The maximum Gasteiger partial charge on any atom is 0.224 e. The Morgan fingerprint density at radius 2 is 2.15 bits per heavy atom. The number of carbonyl (C=O) groups is 1. The molecule has 1 aromatic rings. The molecular weight excluding hydrogens is 283 g/mol. The van der Waals surface area contributed by atoms with E-state index in [1.165, 1.54) is 19.2 Å². The van der Waals surface area contributed by atoms with E-state index in [0.29, 0.717) is 18.0 Å². The summed E-state index contributed by atoms with van der Waals surface area (Å²) in [6.07, 6.45) is 2.53. The molecule has 2 rings (SSSR count). The van der Waals surface area contributed by atoms with Crippen LogP contribution in [-0.2, 0) is 4.79 Å². The first kappa shape index (κ1) is 16.7. The van der Waals surface area contributed by atoms with Gasteiger partial charge in [0, 0.05) is 18.2 Å². The number of hydrogen-bond donors (Lipinski definition) is 2. The molecule has 6 heteroatoms. The number of halogens is 2. The highest BCUT2D eigenvalue weighted by Crippen LogP contribution is 2.22. The summed E-state index contributed by atoms with van der Waals surface area (Å²) >= 11 is 0. The number of methoxy groups -OCH3 is 1. The maximum atomic E-state index is 13.5. The first-order valence-corrected chi connectivity index (χ1v) is 6.53. The van der Waals surface area contributed by atoms with E-state index in [1.807, 2.05) is 0 Å². The van der Waals surface area contributed by atoms with E-state index in [4.69, 9.17) is 4.74 Å². The van der Waals surface area contributed by atoms with E-state index in [-0.39, 0.29) is 24.1 Å². The minimum absolute atomic E-state index is 0. The summed E-state index contributed by atoms with van der Waals surface area (Å²) in [5.74, 6) is 0.0688.